The Labute approximate surface area is 191 Å². The molecule has 2 nitrogen and oxygen atoms in total. The van der Waals surface area contributed by atoms with E-state index in [1.54, 1.807) is 0 Å². The van der Waals surface area contributed by atoms with E-state index in [2.05, 4.69) is 80.5 Å². The number of rotatable bonds is 12. The van der Waals surface area contributed by atoms with Crippen molar-refractivity contribution >= 4 is 8.84 Å². The summed E-state index contributed by atoms with van der Waals surface area (Å²) >= 11 is 0. The summed E-state index contributed by atoms with van der Waals surface area (Å²) in [5, 5.41) is 0. The van der Waals surface area contributed by atoms with Crippen LogP contribution in [0, 0.1) is 23.8 Å². The molecule has 0 aliphatic heterocycles. The zero-order chi connectivity index (χ0) is 22.5. The summed E-state index contributed by atoms with van der Waals surface area (Å²) in [5.74, 6) is 3.31. The van der Waals surface area contributed by atoms with Crippen molar-refractivity contribution in [2.75, 3.05) is 0 Å². The van der Waals surface area contributed by atoms with E-state index in [9.17, 15) is 4.46 Å². The first-order chi connectivity index (χ1) is 14.9. The van der Waals surface area contributed by atoms with Crippen molar-refractivity contribution in [1.29, 1.82) is 0 Å². The minimum absolute atomic E-state index is 0.00808. The van der Waals surface area contributed by atoms with Gasteiger partial charge in [0.05, 0.1) is 6.04 Å². The van der Waals surface area contributed by atoms with Crippen LogP contribution in [0.2, 0.25) is 0 Å². The van der Waals surface area contributed by atoms with Crippen molar-refractivity contribution < 1.29 is 4.46 Å². The first-order valence-corrected chi connectivity index (χ1v) is 13.2. The summed E-state index contributed by atoms with van der Waals surface area (Å²) in [4.78, 5) is 3.33. The van der Waals surface area contributed by atoms with Crippen molar-refractivity contribution in [1.82, 2.24) is 4.98 Å². The van der Waals surface area contributed by atoms with Gasteiger partial charge in [0.1, 0.15) is 0 Å². The molecule has 2 aromatic rings. The third kappa shape index (κ3) is 10.1. The van der Waals surface area contributed by atoms with Crippen LogP contribution in [-0.2, 0) is 10.9 Å². The zero-order valence-corrected chi connectivity index (χ0v) is 20.8. The molecule has 0 saturated heterocycles. The highest BCUT2D eigenvalue weighted by atomic mass is 28.3. The predicted molar refractivity (Wildman–Crippen MR) is 133 cm³/mol. The molecule has 3 heteroatoms. The largest absolute Gasteiger partial charge is 0.483 e. The normalized spacial score (nSPS) is 12.0. The molecule has 166 valence electrons. The van der Waals surface area contributed by atoms with Crippen LogP contribution in [0.25, 0.3) is 0 Å². The minimum atomic E-state index is -2.20. The van der Waals surface area contributed by atoms with Gasteiger partial charge in [-0.2, -0.15) is 0 Å². The summed E-state index contributed by atoms with van der Waals surface area (Å²) in [6.07, 6.45) is 9.59. The van der Waals surface area contributed by atoms with Gasteiger partial charge < -0.3 is 9.44 Å². The van der Waals surface area contributed by atoms with E-state index >= 15 is 0 Å². The standard InChI is InChI=1S/C28H39NOSi/c1-5-6-7-8-9-13-20-28(3,4)21-22-31(30)29-27(26-14-11-10-12-15-26)23-25-18-16-24(2)17-19-25/h10-12,14-19,27,29H,5-9,13,20,23H2,1-4H3. The van der Waals surface area contributed by atoms with Crippen LogP contribution in [0.4, 0.5) is 0 Å². The van der Waals surface area contributed by atoms with Crippen LogP contribution >= 0.6 is 0 Å². The lowest BCUT2D eigenvalue weighted by Gasteiger charge is -2.19. The first-order valence-electron chi connectivity index (χ1n) is 11.8. The second-order valence-electron chi connectivity index (χ2n) is 9.28. The number of unbranched alkanes of at least 4 members (excludes halogenated alkanes) is 5. The molecule has 1 unspecified atom stereocenters. The molecule has 2 aromatic carbocycles. The molecule has 0 aliphatic carbocycles. The fourth-order valence-electron chi connectivity index (χ4n) is 3.73. The van der Waals surface area contributed by atoms with Gasteiger partial charge in [-0.15, -0.1) is 0 Å². The third-order valence-corrected chi connectivity index (χ3v) is 6.70. The van der Waals surface area contributed by atoms with Gasteiger partial charge >= 0.3 is 8.84 Å². The van der Waals surface area contributed by atoms with Crippen LogP contribution in [0.1, 0.15) is 88.4 Å². The second-order valence-corrected chi connectivity index (χ2v) is 10.5. The molecule has 0 aromatic heterocycles. The number of nitrogens with one attached hydrogen (secondary N) is 1. The highest BCUT2D eigenvalue weighted by molar-refractivity contribution is 6.50. The molecule has 2 rings (SSSR count). The average molecular weight is 434 g/mol. The second kappa shape index (κ2) is 13.3. The Kier molecular flexibility index (Phi) is 10.7. The van der Waals surface area contributed by atoms with E-state index in [-0.39, 0.29) is 11.5 Å². The lowest BCUT2D eigenvalue weighted by Crippen LogP contribution is -2.31. The van der Waals surface area contributed by atoms with E-state index in [1.807, 2.05) is 18.2 Å². The fourth-order valence-corrected chi connectivity index (χ4v) is 4.84. The van der Waals surface area contributed by atoms with Crippen molar-refractivity contribution in [3.05, 3.63) is 71.3 Å². The lowest BCUT2D eigenvalue weighted by atomic mass is 9.88. The quantitative estimate of drug-likeness (QED) is 0.219. The van der Waals surface area contributed by atoms with Crippen molar-refractivity contribution in [2.24, 2.45) is 5.41 Å². The molecule has 0 saturated carbocycles. The van der Waals surface area contributed by atoms with Gasteiger partial charge in [-0.25, -0.2) is 0 Å². The zero-order valence-electron chi connectivity index (χ0n) is 19.8. The Bertz CT molecular complexity index is 846. The van der Waals surface area contributed by atoms with Gasteiger partial charge in [0.2, 0.25) is 0 Å². The van der Waals surface area contributed by atoms with Gasteiger partial charge in [0.15, 0.2) is 0 Å². The van der Waals surface area contributed by atoms with Gasteiger partial charge in [-0.3, -0.25) is 0 Å². The van der Waals surface area contributed by atoms with E-state index in [0.29, 0.717) is 0 Å². The molecule has 0 radical (unpaired) electrons. The topological polar surface area (TPSA) is 29.1 Å². The van der Waals surface area contributed by atoms with Crippen molar-refractivity contribution in [3.63, 3.8) is 0 Å². The molecule has 1 atom stereocenters. The maximum absolute atomic E-state index is 12.9. The van der Waals surface area contributed by atoms with Crippen molar-refractivity contribution in [3.8, 4) is 11.5 Å². The molecule has 1 N–H and O–H groups in total. The SMILES string of the molecule is CCCCCCCCC(C)(C)C#C[Si](=O)NC(Cc1ccc(C)cc1)c1ccccc1. The number of aryl methyl sites for hydroxylation is 1. The molecule has 31 heavy (non-hydrogen) atoms. The summed E-state index contributed by atoms with van der Waals surface area (Å²) in [6.45, 7) is 8.68. The van der Waals surface area contributed by atoms with Crippen LogP contribution in [0.3, 0.4) is 0 Å². The summed E-state index contributed by atoms with van der Waals surface area (Å²) in [6, 6.07) is 18.8. The Balaban J connectivity index is 1.96. The van der Waals surface area contributed by atoms with Gasteiger partial charge in [-0.1, -0.05) is 112 Å². The lowest BCUT2D eigenvalue weighted by molar-refractivity contribution is 0.424. The summed E-state index contributed by atoms with van der Waals surface area (Å²) in [5.41, 5.74) is 6.61. The average Bonchev–Trinajstić information content (AvgIpc) is 2.76. The number of hydrogen-bond donors (Lipinski definition) is 1. The maximum atomic E-state index is 12.9. The highest BCUT2D eigenvalue weighted by Crippen LogP contribution is 2.23. The first kappa shape index (κ1) is 25.1. The van der Waals surface area contributed by atoms with E-state index in [1.165, 1.54) is 49.7 Å². The highest BCUT2D eigenvalue weighted by Gasteiger charge is 2.18. The Morgan fingerprint density at radius 3 is 2.26 bits per heavy atom. The summed E-state index contributed by atoms with van der Waals surface area (Å²) in [7, 11) is -2.20. The maximum Gasteiger partial charge on any atom is 0.483 e. The number of hydrogen-bond acceptors (Lipinski definition) is 1. The van der Waals surface area contributed by atoms with Gasteiger partial charge in [0.25, 0.3) is 0 Å². The third-order valence-electron chi connectivity index (χ3n) is 5.74. The van der Waals surface area contributed by atoms with Crippen molar-refractivity contribution in [2.45, 2.75) is 85.1 Å². The minimum Gasteiger partial charge on any atom is -0.374 e. The van der Waals surface area contributed by atoms with Gasteiger partial charge in [-0.05, 0) is 50.3 Å². The smallest absolute Gasteiger partial charge is 0.374 e. The molecular formula is C28H39NOSi. The predicted octanol–water partition coefficient (Wildman–Crippen LogP) is 7.11. The number of benzene rings is 2. The molecule has 0 amide bonds. The molecule has 0 bridgehead atoms. The van der Waals surface area contributed by atoms with Crippen LogP contribution < -0.4 is 4.98 Å². The van der Waals surface area contributed by atoms with E-state index in [0.717, 1.165) is 18.4 Å². The molecule has 0 heterocycles. The van der Waals surface area contributed by atoms with Gasteiger partial charge in [0, 0.05) is 5.41 Å². The summed E-state index contributed by atoms with van der Waals surface area (Å²) < 4.78 is 12.9. The fraction of sp³-hybridized carbons (Fsp3) is 0.500. The Morgan fingerprint density at radius 2 is 1.58 bits per heavy atom. The van der Waals surface area contributed by atoms with Crippen LogP contribution in [-0.4, -0.2) is 8.84 Å². The molecular weight excluding hydrogens is 394 g/mol. The van der Waals surface area contributed by atoms with Crippen LogP contribution in [0.5, 0.6) is 0 Å². The molecule has 0 spiro atoms. The molecule has 0 aliphatic rings. The van der Waals surface area contributed by atoms with Crippen LogP contribution in [0.15, 0.2) is 54.6 Å². The van der Waals surface area contributed by atoms with E-state index in [4.69, 9.17) is 0 Å². The Hall–Kier alpha value is -2.18. The Morgan fingerprint density at radius 1 is 0.935 bits per heavy atom. The van der Waals surface area contributed by atoms with E-state index < -0.39 is 8.84 Å². The molecule has 0 fully saturated rings. The monoisotopic (exact) mass is 433 g/mol.